The Balaban J connectivity index is 1.63. The van der Waals surface area contributed by atoms with E-state index in [9.17, 15) is 14.7 Å². The minimum atomic E-state index is -0.885. The molecule has 0 aromatic heterocycles. The fourth-order valence-electron chi connectivity index (χ4n) is 3.06. The average Bonchev–Trinajstić information content (AvgIpc) is 3.42. The molecule has 4 heteroatoms. The van der Waals surface area contributed by atoms with Crippen molar-refractivity contribution >= 4 is 11.9 Å². The first-order valence-electron chi connectivity index (χ1n) is 8.22. The highest BCUT2D eigenvalue weighted by atomic mass is 16.4. The van der Waals surface area contributed by atoms with E-state index in [4.69, 9.17) is 0 Å². The summed E-state index contributed by atoms with van der Waals surface area (Å²) >= 11 is 0. The molecule has 24 heavy (non-hydrogen) atoms. The highest BCUT2D eigenvalue weighted by Crippen LogP contribution is 2.48. The van der Waals surface area contributed by atoms with E-state index in [1.54, 1.807) is 0 Å². The summed E-state index contributed by atoms with van der Waals surface area (Å²) in [6.45, 7) is 0.150. The summed E-state index contributed by atoms with van der Waals surface area (Å²) in [7, 11) is 0. The Morgan fingerprint density at radius 3 is 2.12 bits per heavy atom. The molecule has 0 radical (unpaired) electrons. The molecule has 0 bridgehead atoms. The lowest BCUT2D eigenvalue weighted by Gasteiger charge is -2.18. The molecular weight excluding hydrogens is 302 g/mol. The van der Waals surface area contributed by atoms with E-state index in [0.717, 1.165) is 24.0 Å². The smallest absolute Gasteiger partial charge is 0.308 e. The van der Waals surface area contributed by atoms with Gasteiger partial charge in [0.05, 0.1) is 11.3 Å². The fraction of sp³-hybridized carbons (Fsp3) is 0.300. The third kappa shape index (κ3) is 3.48. The number of hydrogen-bond acceptors (Lipinski definition) is 2. The predicted molar refractivity (Wildman–Crippen MR) is 91.6 cm³/mol. The van der Waals surface area contributed by atoms with Gasteiger partial charge in [0.2, 0.25) is 5.91 Å². The molecule has 2 N–H and O–H groups in total. The number of benzene rings is 2. The first-order chi connectivity index (χ1) is 11.6. The van der Waals surface area contributed by atoms with Crippen molar-refractivity contribution in [2.45, 2.75) is 24.7 Å². The predicted octanol–water partition coefficient (Wildman–Crippen LogP) is 2.78. The Hall–Kier alpha value is -2.62. The molecule has 1 aliphatic carbocycles. The number of rotatable bonds is 7. The third-order valence-electron chi connectivity index (χ3n) is 4.69. The molecule has 124 valence electrons. The van der Waals surface area contributed by atoms with E-state index < -0.39 is 17.3 Å². The van der Waals surface area contributed by atoms with Gasteiger partial charge in [-0.05, 0) is 30.4 Å². The van der Waals surface area contributed by atoms with Gasteiger partial charge in [-0.1, -0.05) is 60.7 Å². The molecule has 1 unspecified atom stereocenters. The van der Waals surface area contributed by atoms with Gasteiger partial charge in [0.1, 0.15) is 0 Å². The Morgan fingerprint density at radius 1 is 1.00 bits per heavy atom. The van der Waals surface area contributed by atoms with Crippen molar-refractivity contribution in [1.82, 2.24) is 5.32 Å². The van der Waals surface area contributed by atoms with Gasteiger partial charge < -0.3 is 10.4 Å². The first-order valence-corrected chi connectivity index (χ1v) is 8.22. The summed E-state index contributed by atoms with van der Waals surface area (Å²) in [5.74, 6) is -1.57. The normalized spacial score (nSPS) is 16.2. The van der Waals surface area contributed by atoms with Crippen molar-refractivity contribution in [1.29, 1.82) is 0 Å². The summed E-state index contributed by atoms with van der Waals surface area (Å²) in [6, 6.07) is 19.2. The molecular formula is C20H21NO3. The maximum atomic E-state index is 12.6. The number of carbonyl (C=O) groups excluding carboxylic acids is 1. The summed E-state index contributed by atoms with van der Waals surface area (Å²) in [5.41, 5.74) is 1.51. The zero-order valence-corrected chi connectivity index (χ0v) is 13.4. The van der Waals surface area contributed by atoms with E-state index in [0.29, 0.717) is 6.42 Å². The number of hydrogen-bond donors (Lipinski definition) is 2. The van der Waals surface area contributed by atoms with Crippen molar-refractivity contribution < 1.29 is 14.7 Å². The van der Waals surface area contributed by atoms with Gasteiger partial charge in [-0.3, -0.25) is 9.59 Å². The molecule has 1 saturated carbocycles. The maximum Gasteiger partial charge on any atom is 0.308 e. The van der Waals surface area contributed by atoms with Gasteiger partial charge in [-0.2, -0.15) is 0 Å². The molecule has 2 aromatic rings. The second-order valence-corrected chi connectivity index (χ2v) is 6.38. The quantitative estimate of drug-likeness (QED) is 0.823. The summed E-state index contributed by atoms with van der Waals surface area (Å²) in [5, 5.41) is 12.3. The van der Waals surface area contributed by atoms with Crippen molar-refractivity contribution in [3.8, 4) is 0 Å². The largest absolute Gasteiger partial charge is 0.481 e. The van der Waals surface area contributed by atoms with Gasteiger partial charge in [-0.15, -0.1) is 0 Å². The van der Waals surface area contributed by atoms with Crippen LogP contribution in [0, 0.1) is 5.92 Å². The van der Waals surface area contributed by atoms with Gasteiger partial charge in [0, 0.05) is 6.54 Å². The second kappa shape index (κ2) is 6.87. The molecule has 0 heterocycles. The van der Waals surface area contributed by atoms with Crippen molar-refractivity contribution in [2.75, 3.05) is 6.54 Å². The van der Waals surface area contributed by atoms with Crippen molar-refractivity contribution in [2.24, 2.45) is 5.92 Å². The first kappa shape index (κ1) is 16.2. The highest BCUT2D eigenvalue weighted by molar-refractivity contribution is 5.91. The average molecular weight is 323 g/mol. The minimum Gasteiger partial charge on any atom is -0.481 e. The number of nitrogens with one attached hydrogen (secondary N) is 1. The van der Waals surface area contributed by atoms with Crippen LogP contribution < -0.4 is 5.32 Å². The molecule has 3 rings (SSSR count). The van der Waals surface area contributed by atoms with Gasteiger partial charge in [0.25, 0.3) is 0 Å². The Morgan fingerprint density at radius 2 is 1.58 bits per heavy atom. The Labute approximate surface area is 141 Å². The molecule has 0 saturated heterocycles. The molecule has 2 aromatic carbocycles. The van der Waals surface area contributed by atoms with Crippen LogP contribution >= 0.6 is 0 Å². The topological polar surface area (TPSA) is 66.4 Å². The van der Waals surface area contributed by atoms with E-state index >= 15 is 0 Å². The Kier molecular flexibility index (Phi) is 4.65. The van der Waals surface area contributed by atoms with Gasteiger partial charge in [-0.25, -0.2) is 0 Å². The van der Waals surface area contributed by atoms with E-state index in [1.807, 2.05) is 60.7 Å². The maximum absolute atomic E-state index is 12.6. The van der Waals surface area contributed by atoms with Crippen LogP contribution in [-0.4, -0.2) is 23.5 Å². The summed E-state index contributed by atoms with van der Waals surface area (Å²) in [6.07, 6.45) is 2.05. The Bertz CT molecular complexity index is 708. The van der Waals surface area contributed by atoms with Crippen LogP contribution in [0.15, 0.2) is 60.7 Å². The second-order valence-electron chi connectivity index (χ2n) is 6.38. The summed E-state index contributed by atoms with van der Waals surface area (Å²) < 4.78 is 0. The van der Waals surface area contributed by atoms with Crippen LogP contribution in [0.4, 0.5) is 0 Å². The van der Waals surface area contributed by atoms with Crippen molar-refractivity contribution in [3.05, 3.63) is 71.8 Å². The number of carboxylic acids is 1. The molecule has 1 atom stereocenters. The van der Waals surface area contributed by atoms with E-state index in [-0.39, 0.29) is 12.5 Å². The van der Waals surface area contributed by atoms with Crippen LogP contribution in [0.5, 0.6) is 0 Å². The standard InChI is InChI=1S/C20H21NO3/c22-18(23)16(13-15-7-3-1-4-8-15)14-21-19(24)20(11-12-20)17-9-5-2-6-10-17/h1-10,16H,11-14H2,(H,21,24)(H,22,23). The van der Waals surface area contributed by atoms with Crippen molar-refractivity contribution in [3.63, 3.8) is 0 Å². The lowest BCUT2D eigenvalue weighted by molar-refractivity contribution is -0.141. The third-order valence-corrected chi connectivity index (χ3v) is 4.69. The number of carboxylic acid groups (broad SMARTS) is 1. The number of carbonyl (C=O) groups is 2. The monoisotopic (exact) mass is 323 g/mol. The zero-order valence-electron chi connectivity index (χ0n) is 13.4. The molecule has 4 nitrogen and oxygen atoms in total. The zero-order chi connectivity index (χ0) is 17.0. The molecule has 1 aliphatic rings. The highest BCUT2D eigenvalue weighted by Gasteiger charge is 2.51. The SMILES string of the molecule is O=C(O)C(CNC(=O)C1(c2ccccc2)CC1)Cc1ccccc1. The minimum absolute atomic E-state index is 0.0620. The summed E-state index contributed by atoms with van der Waals surface area (Å²) in [4.78, 5) is 24.1. The fourth-order valence-corrected chi connectivity index (χ4v) is 3.06. The van der Waals surface area contributed by atoms with Crippen LogP contribution in [0.25, 0.3) is 0 Å². The molecule has 0 spiro atoms. The number of amides is 1. The molecule has 0 aliphatic heterocycles. The van der Waals surface area contributed by atoms with Gasteiger partial charge >= 0.3 is 5.97 Å². The van der Waals surface area contributed by atoms with Gasteiger partial charge in [0.15, 0.2) is 0 Å². The molecule has 1 fully saturated rings. The van der Waals surface area contributed by atoms with Crippen LogP contribution in [0.2, 0.25) is 0 Å². The molecule has 1 amide bonds. The van der Waals surface area contributed by atoms with Crippen LogP contribution in [-0.2, 0) is 21.4 Å². The van der Waals surface area contributed by atoms with Crippen LogP contribution in [0.1, 0.15) is 24.0 Å². The lowest BCUT2D eigenvalue weighted by atomic mass is 9.94. The number of aliphatic carboxylic acids is 1. The van der Waals surface area contributed by atoms with Crippen LogP contribution in [0.3, 0.4) is 0 Å². The lowest BCUT2D eigenvalue weighted by Crippen LogP contribution is -2.40. The van der Waals surface area contributed by atoms with E-state index in [2.05, 4.69) is 5.32 Å². The van der Waals surface area contributed by atoms with E-state index in [1.165, 1.54) is 0 Å².